The van der Waals surface area contributed by atoms with Crippen molar-refractivity contribution in [1.29, 1.82) is 0 Å². The SMILES string of the molecule is NCCC(c1ccco1)C1C2CC3CC(C2)CC1C3. The van der Waals surface area contributed by atoms with Gasteiger partial charge in [-0.25, -0.2) is 0 Å². The van der Waals surface area contributed by atoms with Crippen LogP contribution in [0.3, 0.4) is 0 Å². The molecule has 4 bridgehead atoms. The highest BCUT2D eigenvalue weighted by Gasteiger charge is 2.50. The van der Waals surface area contributed by atoms with E-state index in [9.17, 15) is 0 Å². The summed E-state index contributed by atoms with van der Waals surface area (Å²) >= 11 is 0. The summed E-state index contributed by atoms with van der Waals surface area (Å²) in [5.74, 6) is 6.64. The molecular formula is C17H25NO. The van der Waals surface area contributed by atoms with Gasteiger partial charge in [0.25, 0.3) is 0 Å². The van der Waals surface area contributed by atoms with Crippen molar-refractivity contribution in [2.45, 2.75) is 44.4 Å². The molecule has 1 atom stereocenters. The lowest BCUT2D eigenvalue weighted by atomic mass is 9.49. The van der Waals surface area contributed by atoms with Crippen molar-refractivity contribution in [3.8, 4) is 0 Å². The fraction of sp³-hybridized carbons (Fsp3) is 0.765. The van der Waals surface area contributed by atoms with E-state index in [0.29, 0.717) is 5.92 Å². The standard InChI is InChI=1S/C17H25NO/c18-4-3-15(16-2-1-5-19-16)17-13-7-11-6-12(9-13)10-14(17)8-11/h1-2,5,11-15,17H,3-4,6-10,18H2. The van der Waals surface area contributed by atoms with E-state index >= 15 is 0 Å². The molecule has 0 aliphatic heterocycles. The molecule has 4 aliphatic carbocycles. The predicted octanol–water partition coefficient (Wildman–Crippen LogP) is 3.78. The first-order chi connectivity index (χ1) is 9.35. The molecule has 1 aromatic heterocycles. The van der Waals surface area contributed by atoms with Crippen LogP contribution in [0.15, 0.2) is 22.8 Å². The fourth-order valence-electron chi connectivity index (χ4n) is 5.83. The van der Waals surface area contributed by atoms with Crippen LogP contribution in [-0.2, 0) is 0 Å². The van der Waals surface area contributed by atoms with E-state index < -0.39 is 0 Å². The Morgan fingerprint density at radius 3 is 2.32 bits per heavy atom. The van der Waals surface area contributed by atoms with Gasteiger partial charge in [0, 0.05) is 5.92 Å². The van der Waals surface area contributed by atoms with Gasteiger partial charge < -0.3 is 10.2 Å². The molecule has 0 amide bonds. The Balaban J connectivity index is 1.62. The Bertz CT molecular complexity index is 396. The third-order valence-corrected chi connectivity index (χ3v) is 6.15. The van der Waals surface area contributed by atoms with Gasteiger partial charge in [0.15, 0.2) is 0 Å². The van der Waals surface area contributed by atoms with Crippen molar-refractivity contribution in [2.75, 3.05) is 6.54 Å². The summed E-state index contributed by atoms with van der Waals surface area (Å²) in [4.78, 5) is 0. The Morgan fingerprint density at radius 2 is 1.79 bits per heavy atom. The zero-order chi connectivity index (χ0) is 12.8. The summed E-state index contributed by atoms with van der Waals surface area (Å²) in [6, 6.07) is 4.21. The Hall–Kier alpha value is -0.760. The minimum absolute atomic E-state index is 0.579. The number of hydrogen-bond donors (Lipinski definition) is 1. The Labute approximate surface area is 115 Å². The third-order valence-electron chi connectivity index (χ3n) is 6.15. The van der Waals surface area contributed by atoms with Crippen LogP contribution < -0.4 is 5.73 Å². The summed E-state index contributed by atoms with van der Waals surface area (Å²) in [7, 11) is 0. The van der Waals surface area contributed by atoms with Gasteiger partial charge in [-0.15, -0.1) is 0 Å². The maximum atomic E-state index is 5.89. The van der Waals surface area contributed by atoms with Gasteiger partial charge in [-0.3, -0.25) is 0 Å². The molecule has 5 rings (SSSR count). The second-order valence-corrected chi connectivity index (χ2v) is 7.21. The summed E-state index contributed by atoms with van der Waals surface area (Å²) in [5, 5.41) is 0. The maximum Gasteiger partial charge on any atom is 0.107 e. The normalized spacial score (nSPS) is 41.6. The molecule has 1 aromatic rings. The molecule has 104 valence electrons. The van der Waals surface area contributed by atoms with Crippen LogP contribution in [0.1, 0.15) is 50.2 Å². The van der Waals surface area contributed by atoms with Gasteiger partial charge in [0.05, 0.1) is 6.26 Å². The predicted molar refractivity (Wildman–Crippen MR) is 75.7 cm³/mol. The summed E-state index contributed by atoms with van der Waals surface area (Å²) in [6.07, 6.45) is 10.4. The lowest BCUT2D eigenvalue weighted by Crippen LogP contribution is -2.47. The first kappa shape index (κ1) is 12.0. The summed E-state index contributed by atoms with van der Waals surface area (Å²) in [6.45, 7) is 0.786. The van der Waals surface area contributed by atoms with Gasteiger partial charge in [-0.1, -0.05) is 0 Å². The van der Waals surface area contributed by atoms with Crippen molar-refractivity contribution in [3.05, 3.63) is 24.2 Å². The van der Waals surface area contributed by atoms with Crippen LogP contribution >= 0.6 is 0 Å². The zero-order valence-corrected chi connectivity index (χ0v) is 11.6. The number of nitrogens with two attached hydrogens (primary N) is 1. The van der Waals surface area contributed by atoms with E-state index in [2.05, 4.69) is 6.07 Å². The van der Waals surface area contributed by atoms with Crippen LogP contribution in [0.4, 0.5) is 0 Å². The van der Waals surface area contributed by atoms with Crippen molar-refractivity contribution < 1.29 is 4.42 Å². The second-order valence-electron chi connectivity index (χ2n) is 7.21. The second kappa shape index (κ2) is 4.66. The first-order valence-corrected chi connectivity index (χ1v) is 8.08. The number of furan rings is 1. The minimum Gasteiger partial charge on any atom is -0.469 e. The molecule has 2 N–H and O–H groups in total. The zero-order valence-electron chi connectivity index (χ0n) is 11.6. The average Bonchev–Trinajstić information content (AvgIpc) is 2.89. The quantitative estimate of drug-likeness (QED) is 0.893. The first-order valence-electron chi connectivity index (χ1n) is 8.08. The number of rotatable bonds is 4. The molecule has 4 fully saturated rings. The molecule has 0 saturated heterocycles. The molecule has 1 unspecified atom stereocenters. The van der Waals surface area contributed by atoms with Crippen molar-refractivity contribution in [1.82, 2.24) is 0 Å². The Kier molecular flexibility index (Phi) is 2.95. The molecule has 0 radical (unpaired) electrons. The van der Waals surface area contributed by atoms with Gasteiger partial charge in [0.1, 0.15) is 5.76 Å². The molecule has 4 saturated carbocycles. The van der Waals surface area contributed by atoms with E-state index in [1.54, 1.807) is 0 Å². The van der Waals surface area contributed by atoms with Gasteiger partial charge in [-0.2, -0.15) is 0 Å². The van der Waals surface area contributed by atoms with Gasteiger partial charge in [0.2, 0.25) is 0 Å². The van der Waals surface area contributed by atoms with Crippen LogP contribution in [-0.4, -0.2) is 6.54 Å². The fourth-order valence-corrected chi connectivity index (χ4v) is 5.83. The maximum absolute atomic E-state index is 5.89. The summed E-state index contributed by atoms with van der Waals surface area (Å²) < 4.78 is 5.75. The van der Waals surface area contributed by atoms with Gasteiger partial charge in [-0.05, 0) is 86.8 Å². The molecule has 1 heterocycles. The van der Waals surface area contributed by atoms with E-state index in [0.717, 1.165) is 42.6 Å². The van der Waals surface area contributed by atoms with E-state index in [1.807, 2.05) is 12.3 Å². The van der Waals surface area contributed by atoms with Crippen LogP contribution in [0.25, 0.3) is 0 Å². The van der Waals surface area contributed by atoms with Crippen molar-refractivity contribution >= 4 is 0 Å². The minimum atomic E-state index is 0.579. The highest BCUT2D eigenvalue weighted by atomic mass is 16.3. The molecule has 0 spiro atoms. The molecular weight excluding hydrogens is 234 g/mol. The Morgan fingerprint density at radius 1 is 1.11 bits per heavy atom. The molecule has 2 heteroatoms. The lowest BCUT2D eigenvalue weighted by Gasteiger charge is -2.56. The molecule has 4 aliphatic rings. The highest BCUT2D eigenvalue weighted by Crippen LogP contribution is 2.60. The van der Waals surface area contributed by atoms with E-state index in [4.69, 9.17) is 10.2 Å². The largest absolute Gasteiger partial charge is 0.469 e. The lowest BCUT2D eigenvalue weighted by molar-refractivity contribution is -0.0512. The van der Waals surface area contributed by atoms with Crippen LogP contribution in [0.2, 0.25) is 0 Å². The van der Waals surface area contributed by atoms with Gasteiger partial charge >= 0.3 is 0 Å². The molecule has 19 heavy (non-hydrogen) atoms. The topological polar surface area (TPSA) is 39.2 Å². The van der Waals surface area contributed by atoms with E-state index in [1.165, 1.54) is 37.9 Å². The highest BCUT2D eigenvalue weighted by molar-refractivity contribution is 5.12. The molecule has 0 aromatic carbocycles. The average molecular weight is 259 g/mol. The monoisotopic (exact) mass is 259 g/mol. The van der Waals surface area contributed by atoms with Crippen molar-refractivity contribution in [2.24, 2.45) is 35.3 Å². The smallest absolute Gasteiger partial charge is 0.107 e. The molecule has 2 nitrogen and oxygen atoms in total. The van der Waals surface area contributed by atoms with Crippen LogP contribution in [0.5, 0.6) is 0 Å². The van der Waals surface area contributed by atoms with Crippen LogP contribution in [0, 0.1) is 29.6 Å². The summed E-state index contributed by atoms with van der Waals surface area (Å²) in [5.41, 5.74) is 5.89. The van der Waals surface area contributed by atoms with Crippen molar-refractivity contribution in [3.63, 3.8) is 0 Å². The number of hydrogen-bond acceptors (Lipinski definition) is 2. The van der Waals surface area contributed by atoms with E-state index in [-0.39, 0.29) is 0 Å². The third kappa shape index (κ3) is 1.96.